The number of hydrogen-bond acceptors (Lipinski definition) is 3. The molecule has 18 heavy (non-hydrogen) atoms. The van der Waals surface area contributed by atoms with Crippen LogP contribution in [0.4, 0.5) is 0 Å². The summed E-state index contributed by atoms with van der Waals surface area (Å²) in [5, 5.41) is 1.46. The van der Waals surface area contributed by atoms with Crippen LogP contribution < -0.4 is 0 Å². The molecular weight excluding hydrogens is 314 g/mol. The molecule has 2 heterocycles. The van der Waals surface area contributed by atoms with Crippen molar-refractivity contribution in [1.29, 1.82) is 0 Å². The number of pyridine rings is 1. The Hall–Kier alpha value is -1.52. The number of aromatic nitrogens is 3. The molecule has 0 saturated carbocycles. The molecule has 3 aromatic rings. The molecule has 0 radical (unpaired) electrons. The first-order valence-corrected chi connectivity index (χ1v) is 6.44. The monoisotopic (exact) mass is 319 g/mol. The maximum Gasteiger partial charge on any atom is 0.160 e. The molecule has 0 aliphatic heterocycles. The molecular formula is C13H7BrClN3. The van der Waals surface area contributed by atoms with Gasteiger partial charge in [-0.15, -0.1) is 0 Å². The summed E-state index contributed by atoms with van der Waals surface area (Å²) >= 11 is 9.25. The second-order valence-corrected chi connectivity index (χ2v) is 4.96. The number of fused-ring (bicyclic) bond motifs is 1. The zero-order chi connectivity index (χ0) is 12.5. The summed E-state index contributed by atoms with van der Waals surface area (Å²) in [6.45, 7) is 0. The lowest BCUT2D eigenvalue weighted by Crippen LogP contribution is -1.90. The maximum atomic E-state index is 5.97. The second kappa shape index (κ2) is 4.63. The summed E-state index contributed by atoms with van der Waals surface area (Å²) in [6, 6.07) is 9.80. The van der Waals surface area contributed by atoms with E-state index < -0.39 is 0 Å². The van der Waals surface area contributed by atoms with Gasteiger partial charge >= 0.3 is 0 Å². The number of hydrogen-bond donors (Lipinski definition) is 0. The molecule has 0 aliphatic rings. The van der Waals surface area contributed by atoms with Crippen LogP contribution in [0.1, 0.15) is 0 Å². The molecule has 88 valence electrons. The van der Waals surface area contributed by atoms with Crippen LogP contribution in [0.25, 0.3) is 22.3 Å². The fraction of sp³-hybridized carbons (Fsp3) is 0. The van der Waals surface area contributed by atoms with E-state index in [2.05, 4.69) is 30.9 Å². The van der Waals surface area contributed by atoms with Crippen LogP contribution in [0.5, 0.6) is 0 Å². The van der Waals surface area contributed by atoms with Gasteiger partial charge in [-0.3, -0.25) is 4.98 Å². The minimum atomic E-state index is 0.409. The van der Waals surface area contributed by atoms with Gasteiger partial charge in [0.25, 0.3) is 0 Å². The first-order valence-electron chi connectivity index (χ1n) is 5.27. The van der Waals surface area contributed by atoms with Crippen LogP contribution in [0, 0.1) is 0 Å². The van der Waals surface area contributed by atoms with Gasteiger partial charge in [0.2, 0.25) is 0 Å². The van der Waals surface area contributed by atoms with Crippen molar-refractivity contribution >= 4 is 38.4 Å². The molecule has 1 aromatic carbocycles. The average molecular weight is 321 g/mol. The molecule has 0 atom stereocenters. The summed E-state index contributed by atoms with van der Waals surface area (Å²) < 4.78 is 0.690. The Labute approximate surface area is 117 Å². The van der Waals surface area contributed by atoms with E-state index in [9.17, 15) is 0 Å². The minimum absolute atomic E-state index is 0.409. The number of rotatable bonds is 1. The Kier molecular flexibility index (Phi) is 2.97. The Bertz CT molecular complexity index is 730. The molecule has 0 fully saturated rings. The van der Waals surface area contributed by atoms with Crippen molar-refractivity contribution in [2.75, 3.05) is 0 Å². The van der Waals surface area contributed by atoms with Gasteiger partial charge in [-0.2, -0.15) is 0 Å². The molecule has 2 aromatic heterocycles. The Morgan fingerprint density at radius 3 is 2.83 bits per heavy atom. The van der Waals surface area contributed by atoms with Crippen molar-refractivity contribution in [3.63, 3.8) is 0 Å². The van der Waals surface area contributed by atoms with Crippen LogP contribution in [0.15, 0.2) is 47.2 Å². The Morgan fingerprint density at radius 1 is 1.11 bits per heavy atom. The van der Waals surface area contributed by atoms with Gasteiger partial charge in [-0.25, -0.2) is 9.97 Å². The molecule has 0 bridgehead atoms. The lowest BCUT2D eigenvalue weighted by molar-refractivity contribution is 1.16. The van der Waals surface area contributed by atoms with Crippen LogP contribution in [-0.4, -0.2) is 15.0 Å². The molecule has 0 saturated heterocycles. The molecule has 0 aliphatic carbocycles. The highest BCUT2D eigenvalue weighted by Gasteiger charge is 2.06. The zero-order valence-electron chi connectivity index (χ0n) is 9.14. The van der Waals surface area contributed by atoms with E-state index in [4.69, 9.17) is 11.6 Å². The van der Waals surface area contributed by atoms with Crippen LogP contribution in [-0.2, 0) is 0 Å². The predicted molar refractivity (Wildman–Crippen MR) is 75.5 cm³/mol. The van der Waals surface area contributed by atoms with Crippen molar-refractivity contribution in [3.8, 4) is 11.4 Å². The van der Waals surface area contributed by atoms with Crippen molar-refractivity contribution < 1.29 is 0 Å². The second-order valence-electron chi connectivity index (χ2n) is 3.74. The van der Waals surface area contributed by atoms with Crippen LogP contribution in [0.2, 0.25) is 5.15 Å². The summed E-state index contributed by atoms with van der Waals surface area (Å²) in [6.07, 6.45) is 3.42. The minimum Gasteiger partial charge on any atom is -0.256 e. The number of benzene rings is 1. The van der Waals surface area contributed by atoms with Crippen LogP contribution >= 0.6 is 27.5 Å². The molecule has 3 rings (SSSR count). The van der Waals surface area contributed by atoms with Gasteiger partial charge < -0.3 is 0 Å². The molecule has 0 unspecified atom stereocenters. The van der Waals surface area contributed by atoms with Gasteiger partial charge in [0, 0.05) is 23.3 Å². The number of nitrogens with zero attached hydrogens (tertiary/aromatic N) is 3. The van der Waals surface area contributed by atoms with Gasteiger partial charge in [0.1, 0.15) is 5.15 Å². The van der Waals surface area contributed by atoms with E-state index in [0.717, 1.165) is 16.5 Å². The zero-order valence-corrected chi connectivity index (χ0v) is 11.5. The fourth-order valence-corrected chi connectivity index (χ4v) is 2.02. The summed E-state index contributed by atoms with van der Waals surface area (Å²) in [4.78, 5) is 12.8. The number of halogens is 2. The van der Waals surface area contributed by atoms with Crippen molar-refractivity contribution in [2.24, 2.45) is 0 Å². The van der Waals surface area contributed by atoms with E-state index in [1.54, 1.807) is 12.4 Å². The van der Waals surface area contributed by atoms with Crippen molar-refractivity contribution in [1.82, 2.24) is 15.0 Å². The highest BCUT2D eigenvalue weighted by atomic mass is 79.9. The van der Waals surface area contributed by atoms with E-state index in [1.165, 1.54) is 0 Å². The van der Waals surface area contributed by atoms with E-state index >= 15 is 0 Å². The Morgan fingerprint density at radius 2 is 2.00 bits per heavy atom. The largest absolute Gasteiger partial charge is 0.256 e. The third kappa shape index (κ3) is 2.09. The third-order valence-electron chi connectivity index (χ3n) is 2.56. The highest BCUT2D eigenvalue weighted by Crippen LogP contribution is 2.24. The normalized spacial score (nSPS) is 10.8. The molecule has 0 N–H and O–H groups in total. The topological polar surface area (TPSA) is 38.7 Å². The Balaban J connectivity index is 2.16. The maximum absolute atomic E-state index is 5.97. The van der Waals surface area contributed by atoms with Gasteiger partial charge in [-0.1, -0.05) is 17.7 Å². The predicted octanol–water partition coefficient (Wildman–Crippen LogP) is 4.11. The molecule has 0 spiro atoms. The summed E-state index contributed by atoms with van der Waals surface area (Å²) in [5.41, 5.74) is 1.87. The van der Waals surface area contributed by atoms with Gasteiger partial charge in [0.05, 0.1) is 9.99 Å². The third-order valence-corrected chi connectivity index (χ3v) is 3.66. The molecule has 5 heteroatoms. The lowest BCUT2D eigenvalue weighted by Gasteiger charge is -2.03. The van der Waals surface area contributed by atoms with E-state index in [-0.39, 0.29) is 0 Å². The van der Waals surface area contributed by atoms with Crippen LogP contribution in [0.3, 0.4) is 0 Å². The average Bonchev–Trinajstić information content (AvgIpc) is 2.41. The molecule has 3 nitrogen and oxygen atoms in total. The van der Waals surface area contributed by atoms with Gasteiger partial charge in [0.15, 0.2) is 5.82 Å². The standard InChI is InChI=1S/C13H7BrClN3/c14-10-7-17-13(18-12(10)15)9-3-4-11-8(6-9)2-1-5-16-11/h1-7H. The fourth-order valence-electron chi connectivity index (χ4n) is 1.70. The quantitative estimate of drug-likeness (QED) is 0.633. The smallest absolute Gasteiger partial charge is 0.160 e. The van der Waals surface area contributed by atoms with Crippen molar-refractivity contribution in [2.45, 2.75) is 0 Å². The van der Waals surface area contributed by atoms with Gasteiger partial charge in [-0.05, 0) is 40.2 Å². The first kappa shape index (κ1) is 11.6. The first-order chi connectivity index (χ1) is 8.74. The summed E-state index contributed by atoms with van der Waals surface area (Å²) in [5.74, 6) is 0.606. The SMILES string of the molecule is Clc1nc(-c2ccc3ncccc3c2)ncc1Br. The van der Waals surface area contributed by atoms with E-state index in [0.29, 0.717) is 15.5 Å². The highest BCUT2D eigenvalue weighted by molar-refractivity contribution is 9.10. The van der Waals surface area contributed by atoms with E-state index in [1.807, 2.05) is 30.3 Å². The summed E-state index contributed by atoms with van der Waals surface area (Å²) in [7, 11) is 0. The lowest BCUT2D eigenvalue weighted by atomic mass is 10.1. The van der Waals surface area contributed by atoms with Crippen molar-refractivity contribution in [3.05, 3.63) is 52.4 Å². The molecule has 0 amide bonds.